The van der Waals surface area contributed by atoms with Crippen LogP contribution in [0.15, 0.2) is 0 Å². The fourth-order valence-corrected chi connectivity index (χ4v) is 2.04. The van der Waals surface area contributed by atoms with Crippen molar-refractivity contribution in [3.05, 3.63) is 0 Å². The number of rotatable bonds is 8. The fourth-order valence-electron chi connectivity index (χ4n) is 2.04. The average Bonchev–Trinajstić information content (AvgIpc) is 2.13. The molecule has 4 nitrogen and oxygen atoms in total. The topological polar surface area (TPSA) is 72.5 Å². The van der Waals surface area contributed by atoms with Crippen LogP contribution in [0.3, 0.4) is 0 Å². The summed E-state index contributed by atoms with van der Waals surface area (Å²) in [7, 11) is 0. The van der Waals surface area contributed by atoms with Crippen molar-refractivity contribution in [1.82, 2.24) is 0 Å². The summed E-state index contributed by atoms with van der Waals surface area (Å²) < 4.78 is 5.73. The molecular weight excluding hydrogens is 218 g/mol. The quantitative estimate of drug-likeness (QED) is 0.688. The molecule has 0 aromatic carbocycles. The highest BCUT2D eigenvalue weighted by Crippen LogP contribution is 2.25. The molecular formula is C13H27NO3. The normalized spacial score (nSPS) is 17.5. The van der Waals surface area contributed by atoms with Gasteiger partial charge in [-0.3, -0.25) is 4.79 Å². The van der Waals surface area contributed by atoms with Crippen LogP contribution >= 0.6 is 0 Å². The first kappa shape index (κ1) is 16.4. The number of hydrogen-bond acceptors (Lipinski definition) is 3. The smallest absolute Gasteiger partial charge is 0.306 e. The van der Waals surface area contributed by atoms with E-state index in [0.717, 1.165) is 6.42 Å². The van der Waals surface area contributed by atoms with Crippen molar-refractivity contribution in [2.75, 3.05) is 6.61 Å². The molecule has 3 N–H and O–H groups in total. The third-order valence-corrected chi connectivity index (χ3v) is 2.75. The molecule has 0 rings (SSSR count). The molecule has 0 aliphatic heterocycles. The summed E-state index contributed by atoms with van der Waals surface area (Å²) in [6.45, 7) is 10.3. The Kier molecular flexibility index (Phi) is 6.72. The number of nitrogens with two attached hydrogens (primary N) is 1. The second-order valence-corrected chi connectivity index (χ2v) is 5.83. The third kappa shape index (κ3) is 8.16. The van der Waals surface area contributed by atoms with Gasteiger partial charge in [0.15, 0.2) is 0 Å². The summed E-state index contributed by atoms with van der Waals surface area (Å²) in [4.78, 5) is 10.8. The number of ether oxygens (including phenoxy) is 1. The Labute approximate surface area is 105 Å². The Morgan fingerprint density at radius 2 is 1.88 bits per heavy atom. The van der Waals surface area contributed by atoms with Crippen LogP contribution in [-0.2, 0) is 9.53 Å². The van der Waals surface area contributed by atoms with Crippen molar-refractivity contribution >= 4 is 5.97 Å². The summed E-state index contributed by atoms with van der Waals surface area (Å²) in [5, 5.41) is 8.86. The van der Waals surface area contributed by atoms with Crippen molar-refractivity contribution < 1.29 is 14.6 Å². The molecule has 0 saturated heterocycles. The Balaban J connectivity index is 4.08. The van der Waals surface area contributed by atoms with Gasteiger partial charge in [-0.25, -0.2) is 0 Å². The fraction of sp³-hybridized carbons (Fsp3) is 0.923. The number of carbonyl (C=O) groups is 1. The van der Waals surface area contributed by atoms with Gasteiger partial charge in [-0.2, -0.15) is 0 Å². The number of carboxylic acid groups (broad SMARTS) is 1. The lowest BCUT2D eigenvalue weighted by Gasteiger charge is -2.30. The molecule has 0 aromatic rings. The van der Waals surface area contributed by atoms with Crippen LogP contribution in [0.25, 0.3) is 0 Å². The zero-order valence-electron chi connectivity index (χ0n) is 11.7. The van der Waals surface area contributed by atoms with Crippen LogP contribution in [0.5, 0.6) is 0 Å². The predicted molar refractivity (Wildman–Crippen MR) is 68.9 cm³/mol. The summed E-state index contributed by atoms with van der Waals surface area (Å²) in [6.07, 6.45) is 1.53. The van der Waals surface area contributed by atoms with Gasteiger partial charge in [0.2, 0.25) is 0 Å². The molecule has 0 aliphatic rings. The molecule has 0 aliphatic carbocycles. The number of aliphatic carboxylic acids is 1. The zero-order chi connectivity index (χ0) is 13.6. The van der Waals surface area contributed by atoms with Crippen LogP contribution in [0.2, 0.25) is 0 Å². The highest BCUT2D eigenvalue weighted by Gasteiger charge is 2.24. The van der Waals surface area contributed by atoms with Crippen molar-refractivity contribution in [3.63, 3.8) is 0 Å². The first-order valence-electron chi connectivity index (χ1n) is 6.26. The minimum atomic E-state index is -0.730. The lowest BCUT2D eigenvalue weighted by Crippen LogP contribution is -2.33. The minimum Gasteiger partial charge on any atom is -0.481 e. The molecule has 3 unspecified atom stereocenters. The van der Waals surface area contributed by atoms with Crippen molar-refractivity contribution in [2.45, 2.75) is 59.1 Å². The molecule has 0 spiro atoms. The van der Waals surface area contributed by atoms with Crippen LogP contribution in [-0.4, -0.2) is 29.3 Å². The van der Waals surface area contributed by atoms with Crippen LogP contribution in [0.1, 0.15) is 47.5 Å². The summed E-state index contributed by atoms with van der Waals surface area (Å²) in [6, 6.07) is 0.0301. The van der Waals surface area contributed by atoms with E-state index in [-0.39, 0.29) is 17.6 Å². The largest absolute Gasteiger partial charge is 0.481 e. The lowest BCUT2D eigenvalue weighted by molar-refractivity contribution is -0.141. The SMILES string of the molecule is CC(N)COC(C)(C)CC(C)CC(C)C(=O)O. The van der Waals surface area contributed by atoms with Gasteiger partial charge < -0.3 is 15.6 Å². The Morgan fingerprint density at radius 1 is 1.35 bits per heavy atom. The van der Waals surface area contributed by atoms with Gasteiger partial charge in [0.1, 0.15) is 0 Å². The first-order chi connectivity index (χ1) is 7.64. The molecule has 0 aromatic heterocycles. The molecule has 0 amide bonds. The maximum atomic E-state index is 10.8. The standard InChI is InChI=1S/C13H27NO3/c1-9(6-10(2)12(15)16)7-13(4,5)17-8-11(3)14/h9-11H,6-8,14H2,1-5H3,(H,15,16). The van der Waals surface area contributed by atoms with Crippen molar-refractivity contribution in [2.24, 2.45) is 17.6 Å². The van der Waals surface area contributed by atoms with E-state index in [4.69, 9.17) is 15.6 Å². The van der Waals surface area contributed by atoms with Crippen molar-refractivity contribution in [3.8, 4) is 0 Å². The minimum absolute atomic E-state index is 0.0301. The summed E-state index contributed by atoms with van der Waals surface area (Å²) >= 11 is 0. The maximum absolute atomic E-state index is 10.8. The van der Waals surface area contributed by atoms with Gasteiger partial charge in [0.25, 0.3) is 0 Å². The van der Waals surface area contributed by atoms with Crippen LogP contribution in [0, 0.1) is 11.8 Å². The highest BCUT2D eigenvalue weighted by atomic mass is 16.5. The molecule has 0 saturated carbocycles. The molecule has 3 atom stereocenters. The van der Waals surface area contributed by atoms with E-state index in [2.05, 4.69) is 6.92 Å². The third-order valence-electron chi connectivity index (χ3n) is 2.75. The molecule has 102 valence electrons. The maximum Gasteiger partial charge on any atom is 0.306 e. The van der Waals surface area contributed by atoms with E-state index in [1.807, 2.05) is 20.8 Å². The average molecular weight is 245 g/mol. The summed E-state index contributed by atoms with van der Waals surface area (Å²) in [5.74, 6) is -0.704. The van der Waals surface area contributed by atoms with Gasteiger partial charge in [0.05, 0.1) is 18.1 Å². The first-order valence-corrected chi connectivity index (χ1v) is 6.26. The molecule has 0 fully saturated rings. The highest BCUT2D eigenvalue weighted by molar-refractivity contribution is 5.69. The van der Waals surface area contributed by atoms with E-state index in [9.17, 15) is 4.79 Å². The van der Waals surface area contributed by atoms with E-state index in [1.54, 1.807) is 6.92 Å². The second-order valence-electron chi connectivity index (χ2n) is 5.83. The zero-order valence-corrected chi connectivity index (χ0v) is 11.7. The predicted octanol–water partition coefficient (Wildman–Crippen LogP) is 2.27. The molecule has 0 bridgehead atoms. The van der Waals surface area contributed by atoms with E-state index in [0.29, 0.717) is 18.9 Å². The monoisotopic (exact) mass is 245 g/mol. The second kappa shape index (κ2) is 6.97. The van der Waals surface area contributed by atoms with E-state index < -0.39 is 5.97 Å². The summed E-state index contributed by atoms with van der Waals surface area (Å²) in [5.41, 5.74) is 5.40. The van der Waals surface area contributed by atoms with Gasteiger partial charge in [-0.05, 0) is 39.5 Å². The van der Waals surface area contributed by atoms with Gasteiger partial charge >= 0.3 is 5.97 Å². The van der Waals surface area contributed by atoms with Crippen LogP contribution in [0.4, 0.5) is 0 Å². The molecule has 17 heavy (non-hydrogen) atoms. The van der Waals surface area contributed by atoms with Gasteiger partial charge in [-0.15, -0.1) is 0 Å². The van der Waals surface area contributed by atoms with E-state index in [1.165, 1.54) is 0 Å². The number of hydrogen-bond donors (Lipinski definition) is 2. The molecule has 0 radical (unpaired) electrons. The van der Waals surface area contributed by atoms with Crippen molar-refractivity contribution in [1.29, 1.82) is 0 Å². The van der Waals surface area contributed by atoms with Crippen LogP contribution < -0.4 is 5.73 Å². The van der Waals surface area contributed by atoms with Gasteiger partial charge in [-0.1, -0.05) is 13.8 Å². The Bertz CT molecular complexity index is 239. The van der Waals surface area contributed by atoms with Gasteiger partial charge in [0, 0.05) is 6.04 Å². The lowest BCUT2D eigenvalue weighted by atomic mass is 9.88. The molecule has 4 heteroatoms. The molecule has 0 heterocycles. The van der Waals surface area contributed by atoms with E-state index >= 15 is 0 Å². The Morgan fingerprint density at radius 3 is 2.29 bits per heavy atom. The Hall–Kier alpha value is -0.610. The number of carboxylic acids is 1.